The predicted octanol–water partition coefficient (Wildman–Crippen LogP) is 7.94. The molecule has 0 bridgehead atoms. The zero-order valence-corrected chi connectivity index (χ0v) is 30.0. The van der Waals surface area contributed by atoms with Gasteiger partial charge < -0.3 is 10.2 Å². The minimum Gasteiger partial charge on any atom is -0.350 e. The fourth-order valence-corrected chi connectivity index (χ4v) is 7.74. The lowest BCUT2D eigenvalue weighted by Crippen LogP contribution is -2.43. The fraction of sp³-hybridized carbons (Fsp3) is 0.159. The lowest BCUT2D eigenvalue weighted by Gasteiger charge is -2.26. The predicted molar refractivity (Wildman–Crippen MR) is 207 cm³/mol. The Hall–Kier alpha value is -6.13. The smallest absolute Gasteiger partial charge is 0.290 e. The average molecular weight is 738 g/mol. The third-order valence-corrected chi connectivity index (χ3v) is 10.6. The molecular formula is C44H36FN3O5S. The molecule has 0 aliphatic carbocycles. The molecule has 0 unspecified atom stereocenters. The summed E-state index contributed by atoms with van der Waals surface area (Å²) in [5.74, 6) is -1.80. The molecule has 270 valence electrons. The summed E-state index contributed by atoms with van der Waals surface area (Å²) in [5.41, 5.74) is 5.34. The van der Waals surface area contributed by atoms with E-state index in [1.807, 2.05) is 30.3 Å². The average Bonchev–Trinajstić information content (AvgIpc) is 3.77. The summed E-state index contributed by atoms with van der Waals surface area (Å²) in [6, 6.07) is 36.8. The van der Waals surface area contributed by atoms with E-state index in [0.29, 0.717) is 24.1 Å². The number of halogens is 1. The summed E-state index contributed by atoms with van der Waals surface area (Å²) in [6.07, 6.45) is 3.85. The van der Waals surface area contributed by atoms with Crippen molar-refractivity contribution in [2.24, 2.45) is 5.92 Å². The summed E-state index contributed by atoms with van der Waals surface area (Å²) in [4.78, 5) is 66.9. The Morgan fingerprint density at radius 3 is 2.19 bits per heavy atom. The molecule has 2 N–H and O–H groups in total. The number of nitrogens with one attached hydrogen (secondary N) is 2. The SMILES string of the molecule is O=C1NC(=O)C(=Cc2ccc(C(=O)NC[C@@H]3C[C@@H](CCc4ccccc4-c4ccccc4)CN3C(=O)c3ccccc3C(=O)c3ccc(F)cc3)cc2)S1. The van der Waals surface area contributed by atoms with Gasteiger partial charge in [-0.05, 0) is 108 Å². The molecule has 2 fully saturated rings. The first-order chi connectivity index (χ1) is 26.2. The second kappa shape index (κ2) is 16.3. The van der Waals surface area contributed by atoms with Crippen LogP contribution in [-0.4, -0.2) is 52.8 Å². The van der Waals surface area contributed by atoms with Crippen LogP contribution in [0.5, 0.6) is 0 Å². The van der Waals surface area contributed by atoms with E-state index in [0.717, 1.165) is 30.2 Å². The molecule has 54 heavy (non-hydrogen) atoms. The minimum absolute atomic E-state index is 0.129. The van der Waals surface area contributed by atoms with Crippen molar-refractivity contribution in [3.63, 3.8) is 0 Å². The second-order valence-electron chi connectivity index (χ2n) is 13.3. The largest absolute Gasteiger partial charge is 0.350 e. The van der Waals surface area contributed by atoms with Gasteiger partial charge in [-0.15, -0.1) is 0 Å². The molecule has 7 rings (SSSR count). The van der Waals surface area contributed by atoms with Crippen molar-refractivity contribution in [3.8, 4) is 11.1 Å². The first-order valence-electron chi connectivity index (χ1n) is 17.7. The topological polar surface area (TPSA) is 113 Å². The number of nitrogens with zero attached hydrogens (tertiary/aromatic N) is 1. The Labute approximate surface area is 316 Å². The first-order valence-corrected chi connectivity index (χ1v) is 18.5. The molecule has 2 atom stereocenters. The van der Waals surface area contributed by atoms with Crippen molar-refractivity contribution in [2.75, 3.05) is 13.1 Å². The van der Waals surface area contributed by atoms with Gasteiger partial charge in [-0.25, -0.2) is 4.39 Å². The number of carbonyl (C=O) groups excluding carboxylic acids is 5. The van der Waals surface area contributed by atoms with Gasteiger partial charge in [0.25, 0.3) is 23.0 Å². The maximum Gasteiger partial charge on any atom is 0.290 e. The highest BCUT2D eigenvalue weighted by Gasteiger charge is 2.37. The van der Waals surface area contributed by atoms with Gasteiger partial charge in [0.05, 0.1) is 10.5 Å². The van der Waals surface area contributed by atoms with Gasteiger partial charge in [-0.3, -0.25) is 29.3 Å². The number of hydrogen-bond acceptors (Lipinski definition) is 6. The van der Waals surface area contributed by atoms with Gasteiger partial charge in [0, 0.05) is 35.8 Å². The zero-order valence-electron chi connectivity index (χ0n) is 29.2. The maximum atomic E-state index is 14.4. The molecule has 0 saturated carbocycles. The molecule has 2 saturated heterocycles. The monoisotopic (exact) mass is 737 g/mol. The van der Waals surface area contributed by atoms with Crippen molar-refractivity contribution < 1.29 is 28.4 Å². The molecule has 8 nitrogen and oxygen atoms in total. The minimum atomic E-state index is -0.460. The molecular weight excluding hydrogens is 702 g/mol. The second-order valence-corrected chi connectivity index (χ2v) is 14.4. The van der Waals surface area contributed by atoms with Crippen molar-refractivity contribution in [1.29, 1.82) is 0 Å². The Balaban J connectivity index is 1.10. The molecule has 2 heterocycles. The summed E-state index contributed by atoms with van der Waals surface area (Å²) < 4.78 is 13.6. The number of ketones is 1. The van der Waals surface area contributed by atoms with Crippen LogP contribution in [0.2, 0.25) is 0 Å². The maximum absolute atomic E-state index is 14.4. The lowest BCUT2D eigenvalue weighted by molar-refractivity contribution is -0.115. The Morgan fingerprint density at radius 1 is 0.796 bits per heavy atom. The van der Waals surface area contributed by atoms with Crippen LogP contribution in [0.1, 0.15) is 60.6 Å². The Morgan fingerprint density at radius 2 is 1.46 bits per heavy atom. The summed E-state index contributed by atoms with van der Waals surface area (Å²) >= 11 is 0.823. The van der Waals surface area contributed by atoms with E-state index < -0.39 is 17.0 Å². The number of aryl methyl sites for hydroxylation is 1. The van der Waals surface area contributed by atoms with Gasteiger partial charge in [-0.1, -0.05) is 84.9 Å². The van der Waals surface area contributed by atoms with E-state index in [-0.39, 0.29) is 57.7 Å². The Bertz CT molecular complexity index is 2260. The van der Waals surface area contributed by atoms with E-state index in [1.54, 1.807) is 59.5 Å². The van der Waals surface area contributed by atoms with Gasteiger partial charge in [0.2, 0.25) is 0 Å². The van der Waals surface area contributed by atoms with Crippen molar-refractivity contribution >= 4 is 46.6 Å². The van der Waals surface area contributed by atoms with Crippen LogP contribution in [0, 0.1) is 11.7 Å². The van der Waals surface area contributed by atoms with E-state index in [1.165, 1.54) is 35.4 Å². The third-order valence-electron chi connectivity index (χ3n) is 9.81. The molecule has 2 aliphatic heterocycles. The zero-order chi connectivity index (χ0) is 37.6. The van der Waals surface area contributed by atoms with Crippen LogP contribution in [0.15, 0.2) is 132 Å². The van der Waals surface area contributed by atoms with Crippen LogP contribution in [0.4, 0.5) is 9.18 Å². The number of hydrogen-bond donors (Lipinski definition) is 2. The molecule has 2 aliphatic rings. The fourth-order valence-electron chi connectivity index (χ4n) is 7.06. The van der Waals surface area contributed by atoms with E-state index >= 15 is 0 Å². The van der Waals surface area contributed by atoms with Gasteiger partial charge in [-0.2, -0.15) is 0 Å². The molecule has 4 amide bonds. The summed E-state index contributed by atoms with van der Waals surface area (Å²) in [5, 5.41) is 4.81. The highest BCUT2D eigenvalue weighted by atomic mass is 32.2. The summed E-state index contributed by atoms with van der Waals surface area (Å²) in [7, 11) is 0. The number of benzene rings is 5. The number of likely N-dealkylation sites (tertiary alicyclic amines) is 1. The molecule has 0 radical (unpaired) electrons. The van der Waals surface area contributed by atoms with Crippen LogP contribution < -0.4 is 10.6 Å². The highest BCUT2D eigenvalue weighted by Crippen LogP contribution is 2.32. The van der Waals surface area contributed by atoms with Crippen LogP contribution in [0.3, 0.4) is 0 Å². The first kappa shape index (κ1) is 36.2. The molecule has 5 aromatic rings. The van der Waals surface area contributed by atoms with Crippen LogP contribution in [-0.2, 0) is 11.2 Å². The molecule has 5 aromatic carbocycles. The summed E-state index contributed by atoms with van der Waals surface area (Å²) in [6.45, 7) is 0.643. The van der Waals surface area contributed by atoms with E-state index in [4.69, 9.17) is 0 Å². The van der Waals surface area contributed by atoms with Gasteiger partial charge >= 0.3 is 0 Å². The molecule has 0 spiro atoms. The van der Waals surface area contributed by atoms with Crippen molar-refractivity contribution in [3.05, 3.63) is 171 Å². The standard InChI is InChI=1S/C44H36FN3O5S/c45-34-22-20-32(21-23-34)40(49)37-12-6-7-13-38(37)43(52)48-27-29(16-17-31-10-4-5-11-36(31)30-8-2-1-3-9-30)24-35(48)26-46-41(50)33-18-14-28(15-19-33)25-39-42(51)47-44(53)54-39/h1-15,18-23,25,29,35H,16-17,24,26-27H2,(H,46,50)(H,47,51,53)/t29-,35+/m1/s1. The highest BCUT2D eigenvalue weighted by molar-refractivity contribution is 8.18. The number of imide groups is 1. The molecule has 10 heteroatoms. The normalized spacial score (nSPS) is 17.4. The Kier molecular flexibility index (Phi) is 10.9. The van der Waals surface area contributed by atoms with Gasteiger partial charge in [0.15, 0.2) is 5.78 Å². The van der Waals surface area contributed by atoms with Gasteiger partial charge in [0.1, 0.15) is 5.82 Å². The number of amides is 4. The third kappa shape index (κ3) is 8.24. The van der Waals surface area contributed by atoms with E-state index in [9.17, 15) is 28.4 Å². The van der Waals surface area contributed by atoms with Crippen LogP contribution in [0.25, 0.3) is 17.2 Å². The number of thioether (sulfide) groups is 1. The van der Waals surface area contributed by atoms with Crippen LogP contribution >= 0.6 is 11.8 Å². The quantitative estimate of drug-likeness (QED) is 0.105. The van der Waals surface area contributed by atoms with E-state index in [2.05, 4.69) is 34.9 Å². The van der Waals surface area contributed by atoms with Crippen molar-refractivity contribution in [1.82, 2.24) is 15.5 Å². The molecule has 0 aromatic heterocycles. The van der Waals surface area contributed by atoms with Crippen molar-refractivity contribution in [2.45, 2.75) is 25.3 Å². The number of rotatable bonds is 11. The number of carbonyl (C=O) groups is 5. The lowest BCUT2D eigenvalue weighted by atomic mass is 9.92.